The molecule has 0 atom stereocenters. The number of pyridine rings is 1. The van der Waals surface area contributed by atoms with E-state index in [1.807, 2.05) is 0 Å². The number of ether oxygens (including phenoxy) is 2. The van der Waals surface area contributed by atoms with Crippen LogP contribution in [-0.2, 0) is 31.9 Å². The van der Waals surface area contributed by atoms with Gasteiger partial charge in [-0.15, -0.1) is 0 Å². The highest BCUT2D eigenvalue weighted by molar-refractivity contribution is 5.73. The maximum absolute atomic E-state index is 11.8. The number of esters is 2. The van der Waals surface area contributed by atoms with Crippen LogP contribution < -0.4 is 0 Å². The molecule has 22 heavy (non-hydrogen) atoms. The fourth-order valence-electron chi connectivity index (χ4n) is 2.35. The van der Waals surface area contributed by atoms with Crippen LogP contribution in [0.15, 0.2) is 18.2 Å². The first-order chi connectivity index (χ1) is 10.7. The summed E-state index contributed by atoms with van der Waals surface area (Å²) in [6.45, 7) is 4.94. The third-order valence-electron chi connectivity index (χ3n) is 3.40. The van der Waals surface area contributed by atoms with Crippen molar-refractivity contribution in [1.82, 2.24) is 9.88 Å². The summed E-state index contributed by atoms with van der Waals surface area (Å²) < 4.78 is 10.5. The van der Waals surface area contributed by atoms with Gasteiger partial charge in [-0.3, -0.25) is 19.5 Å². The number of hydrogen-bond donors (Lipinski definition) is 0. The second-order valence-corrected chi connectivity index (χ2v) is 5.26. The van der Waals surface area contributed by atoms with Gasteiger partial charge < -0.3 is 9.47 Å². The highest BCUT2D eigenvalue weighted by Crippen LogP contribution is 2.05. The molecule has 2 heterocycles. The van der Waals surface area contributed by atoms with Crippen LogP contribution in [0, 0.1) is 0 Å². The predicted octanol–water partition coefficient (Wildman–Crippen LogP) is 0.979. The minimum atomic E-state index is -0.291. The first-order valence-electron chi connectivity index (χ1n) is 7.66. The van der Waals surface area contributed by atoms with Gasteiger partial charge in [0.2, 0.25) is 0 Å². The van der Waals surface area contributed by atoms with Crippen molar-refractivity contribution in [3.8, 4) is 0 Å². The van der Waals surface area contributed by atoms with Crippen molar-refractivity contribution >= 4 is 11.9 Å². The summed E-state index contributed by atoms with van der Waals surface area (Å²) >= 11 is 0. The first-order valence-corrected chi connectivity index (χ1v) is 7.66. The van der Waals surface area contributed by atoms with E-state index >= 15 is 0 Å². The van der Waals surface area contributed by atoms with Crippen LogP contribution in [0.25, 0.3) is 0 Å². The van der Waals surface area contributed by atoms with E-state index in [9.17, 15) is 9.59 Å². The molecular formula is C16H22N2O4. The lowest BCUT2D eigenvalue weighted by molar-refractivity contribution is -0.143. The molecule has 1 aliphatic rings. The Hall–Kier alpha value is -1.95. The lowest BCUT2D eigenvalue weighted by Gasteiger charge is -2.21. The van der Waals surface area contributed by atoms with E-state index in [4.69, 9.17) is 9.47 Å². The van der Waals surface area contributed by atoms with Crippen molar-refractivity contribution in [3.05, 3.63) is 29.6 Å². The third-order valence-corrected chi connectivity index (χ3v) is 3.40. The van der Waals surface area contributed by atoms with Gasteiger partial charge in [0.05, 0.1) is 24.2 Å². The number of carbonyl (C=O) groups is 2. The highest BCUT2D eigenvalue weighted by Gasteiger charge is 2.13. The molecule has 1 aromatic rings. The second kappa shape index (κ2) is 8.48. The average molecular weight is 306 g/mol. The monoisotopic (exact) mass is 306 g/mol. The van der Waals surface area contributed by atoms with Gasteiger partial charge in [0.25, 0.3) is 0 Å². The Balaban J connectivity index is 2.05. The fourth-order valence-corrected chi connectivity index (χ4v) is 2.35. The summed E-state index contributed by atoms with van der Waals surface area (Å²) in [5.41, 5.74) is 1.22. The van der Waals surface area contributed by atoms with Gasteiger partial charge in [-0.1, -0.05) is 13.0 Å². The molecule has 0 radical (unpaired) electrons. The summed E-state index contributed by atoms with van der Waals surface area (Å²) in [6.07, 6.45) is 1.24. The minimum absolute atomic E-state index is 0.122. The Morgan fingerprint density at radius 1 is 1.05 bits per heavy atom. The van der Waals surface area contributed by atoms with Crippen LogP contribution in [0.2, 0.25) is 0 Å². The van der Waals surface area contributed by atoms with Crippen LogP contribution in [0.4, 0.5) is 0 Å². The molecule has 1 aliphatic heterocycles. The molecule has 0 fully saturated rings. The molecule has 2 bridgehead atoms. The zero-order valence-corrected chi connectivity index (χ0v) is 12.9. The third kappa shape index (κ3) is 5.44. The number of hydrogen-bond acceptors (Lipinski definition) is 6. The molecule has 2 rings (SSSR count). The minimum Gasteiger partial charge on any atom is -0.464 e. The second-order valence-electron chi connectivity index (χ2n) is 5.26. The zero-order valence-electron chi connectivity index (χ0n) is 12.9. The first kappa shape index (κ1) is 16.4. The van der Waals surface area contributed by atoms with Gasteiger partial charge in [-0.05, 0) is 25.1 Å². The SMILES string of the molecule is CCCN1CCOC(=O)Cc2cccc(n2)CC(=O)OCC1. The van der Waals surface area contributed by atoms with Crippen LogP contribution in [0.1, 0.15) is 24.7 Å². The zero-order chi connectivity index (χ0) is 15.8. The Labute approximate surface area is 130 Å². The summed E-state index contributed by atoms with van der Waals surface area (Å²) in [7, 11) is 0. The molecule has 1 aromatic heterocycles. The Morgan fingerprint density at radius 2 is 1.59 bits per heavy atom. The smallest absolute Gasteiger partial charge is 0.311 e. The quantitative estimate of drug-likeness (QED) is 0.759. The number of fused-ring (bicyclic) bond motifs is 2. The van der Waals surface area contributed by atoms with Gasteiger partial charge >= 0.3 is 11.9 Å². The molecule has 0 aliphatic carbocycles. The number of nitrogens with zero attached hydrogens (tertiary/aromatic N) is 2. The molecule has 120 valence electrons. The van der Waals surface area contributed by atoms with E-state index in [0.29, 0.717) is 37.7 Å². The summed E-state index contributed by atoms with van der Waals surface area (Å²) in [4.78, 5) is 30.1. The molecule has 0 saturated carbocycles. The Kier molecular flexibility index (Phi) is 6.33. The number of carbonyl (C=O) groups excluding carboxylic acids is 2. The van der Waals surface area contributed by atoms with Gasteiger partial charge in [0.1, 0.15) is 13.2 Å². The van der Waals surface area contributed by atoms with E-state index in [-0.39, 0.29) is 24.8 Å². The molecule has 0 spiro atoms. The fraction of sp³-hybridized carbons (Fsp3) is 0.562. The molecule has 0 N–H and O–H groups in total. The maximum Gasteiger partial charge on any atom is 0.311 e. The molecule has 0 aromatic carbocycles. The lowest BCUT2D eigenvalue weighted by atomic mass is 10.2. The number of rotatable bonds is 2. The highest BCUT2D eigenvalue weighted by atomic mass is 16.5. The van der Waals surface area contributed by atoms with E-state index in [1.54, 1.807) is 18.2 Å². The Bertz CT molecular complexity index is 479. The van der Waals surface area contributed by atoms with Crippen LogP contribution in [-0.4, -0.2) is 54.7 Å². The molecule has 0 unspecified atom stereocenters. The maximum atomic E-state index is 11.8. The summed E-state index contributed by atoms with van der Waals surface area (Å²) in [5, 5.41) is 0. The van der Waals surface area contributed by atoms with Crippen molar-refractivity contribution in [3.63, 3.8) is 0 Å². The van der Waals surface area contributed by atoms with Crippen molar-refractivity contribution in [2.45, 2.75) is 26.2 Å². The van der Waals surface area contributed by atoms with Crippen LogP contribution in [0.5, 0.6) is 0 Å². The van der Waals surface area contributed by atoms with Crippen molar-refractivity contribution < 1.29 is 19.1 Å². The predicted molar refractivity (Wildman–Crippen MR) is 80.3 cm³/mol. The lowest BCUT2D eigenvalue weighted by Crippen LogP contribution is -2.33. The van der Waals surface area contributed by atoms with Gasteiger partial charge in [0, 0.05) is 13.1 Å². The van der Waals surface area contributed by atoms with Crippen molar-refractivity contribution in [2.24, 2.45) is 0 Å². The van der Waals surface area contributed by atoms with Crippen LogP contribution >= 0.6 is 0 Å². The average Bonchev–Trinajstić information content (AvgIpc) is 2.46. The van der Waals surface area contributed by atoms with Crippen LogP contribution in [0.3, 0.4) is 0 Å². The van der Waals surface area contributed by atoms with E-state index in [2.05, 4.69) is 16.8 Å². The van der Waals surface area contributed by atoms with Crippen molar-refractivity contribution in [2.75, 3.05) is 32.8 Å². The van der Waals surface area contributed by atoms with E-state index in [1.165, 1.54) is 0 Å². The molecule has 0 saturated heterocycles. The van der Waals surface area contributed by atoms with Crippen molar-refractivity contribution in [1.29, 1.82) is 0 Å². The van der Waals surface area contributed by atoms with E-state index in [0.717, 1.165) is 13.0 Å². The molecule has 6 heteroatoms. The Morgan fingerprint density at radius 3 is 2.09 bits per heavy atom. The summed E-state index contributed by atoms with van der Waals surface area (Å²) in [5.74, 6) is -0.582. The van der Waals surface area contributed by atoms with Gasteiger partial charge in [-0.2, -0.15) is 0 Å². The molecule has 0 amide bonds. The number of aromatic nitrogens is 1. The molecule has 6 nitrogen and oxygen atoms in total. The van der Waals surface area contributed by atoms with Gasteiger partial charge in [0.15, 0.2) is 0 Å². The van der Waals surface area contributed by atoms with E-state index < -0.39 is 0 Å². The summed E-state index contributed by atoms with van der Waals surface area (Å²) in [6, 6.07) is 5.30. The largest absolute Gasteiger partial charge is 0.464 e. The number of cyclic esters (lactones) is 2. The van der Waals surface area contributed by atoms with Gasteiger partial charge in [-0.25, -0.2) is 0 Å². The topological polar surface area (TPSA) is 68.7 Å². The normalized spacial score (nSPS) is 18.2. The standard InChI is InChI=1S/C16H22N2O4/c1-2-6-18-7-9-21-15(19)11-13-4-3-5-14(17-13)12-16(20)22-10-8-18/h3-5H,2,6-12H2,1H3. The molecular weight excluding hydrogens is 284 g/mol.